The van der Waals surface area contributed by atoms with Crippen molar-refractivity contribution in [3.05, 3.63) is 36.0 Å². The van der Waals surface area contributed by atoms with E-state index in [9.17, 15) is 0 Å². The summed E-state index contributed by atoms with van der Waals surface area (Å²) in [4.78, 5) is 0. The van der Waals surface area contributed by atoms with Crippen LogP contribution in [0.15, 0.2) is 30.5 Å². The van der Waals surface area contributed by atoms with E-state index in [1.54, 1.807) is 11.8 Å². The lowest BCUT2D eigenvalue weighted by molar-refractivity contribution is 0.393. The number of aryl methyl sites for hydroxylation is 2. The molecule has 0 atom stereocenters. The first kappa shape index (κ1) is 9.77. The van der Waals surface area contributed by atoms with Gasteiger partial charge in [0, 0.05) is 13.2 Å². The van der Waals surface area contributed by atoms with Gasteiger partial charge in [0.2, 0.25) is 5.88 Å². The second kappa shape index (κ2) is 3.77. The van der Waals surface area contributed by atoms with Crippen LogP contribution >= 0.6 is 0 Å². The minimum Gasteiger partial charge on any atom is -0.479 e. The zero-order valence-electron chi connectivity index (χ0n) is 9.19. The average molecular weight is 202 g/mol. The van der Waals surface area contributed by atoms with Crippen molar-refractivity contribution >= 4 is 0 Å². The molecule has 0 aliphatic heterocycles. The Kier molecular flexibility index (Phi) is 2.46. The normalized spacial score (nSPS) is 10.3. The van der Waals surface area contributed by atoms with Gasteiger partial charge in [0.1, 0.15) is 0 Å². The molecule has 78 valence electrons. The Balaban J connectivity index is 2.48. The van der Waals surface area contributed by atoms with E-state index in [-0.39, 0.29) is 0 Å². The van der Waals surface area contributed by atoms with Gasteiger partial charge in [-0.1, -0.05) is 29.8 Å². The molecular weight excluding hydrogens is 188 g/mol. The number of hydrogen-bond donors (Lipinski definition) is 0. The largest absolute Gasteiger partial charge is 0.479 e. The molecule has 0 radical (unpaired) electrons. The van der Waals surface area contributed by atoms with Crippen molar-refractivity contribution in [2.24, 2.45) is 7.05 Å². The lowest BCUT2D eigenvalue weighted by Gasteiger charge is -2.00. The van der Waals surface area contributed by atoms with Gasteiger partial charge in [-0.15, -0.1) is 5.10 Å². The average Bonchev–Trinajstić information content (AvgIpc) is 2.61. The number of aromatic nitrogens is 2. The molecule has 0 spiro atoms. The van der Waals surface area contributed by atoms with Crippen LogP contribution in [-0.2, 0) is 7.05 Å². The highest BCUT2D eigenvalue weighted by molar-refractivity contribution is 5.68. The molecule has 3 nitrogen and oxygen atoms in total. The number of nitrogens with zero attached hydrogens (tertiary/aromatic N) is 2. The van der Waals surface area contributed by atoms with E-state index in [0.29, 0.717) is 5.88 Å². The maximum absolute atomic E-state index is 5.22. The number of hydrogen-bond acceptors (Lipinski definition) is 2. The summed E-state index contributed by atoms with van der Waals surface area (Å²) >= 11 is 0. The second-order valence-electron chi connectivity index (χ2n) is 3.59. The van der Waals surface area contributed by atoms with Crippen molar-refractivity contribution in [2.75, 3.05) is 7.11 Å². The minimum absolute atomic E-state index is 0.668. The highest BCUT2D eigenvalue weighted by atomic mass is 16.5. The van der Waals surface area contributed by atoms with E-state index in [0.717, 1.165) is 11.1 Å². The number of methoxy groups -OCH3 is 1. The molecule has 3 heteroatoms. The van der Waals surface area contributed by atoms with Crippen LogP contribution in [0.25, 0.3) is 11.1 Å². The van der Waals surface area contributed by atoms with Crippen LogP contribution in [0, 0.1) is 6.92 Å². The van der Waals surface area contributed by atoms with Crippen LogP contribution in [0.3, 0.4) is 0 Å². The fourth-order valence-electron chi connectivity index (χ4n) is 1.55. The lowest BCUT2D eigenvalue weighted by atomic mass is 10.1. The first-order valence-electron chi connectivity index (χ1n) is 4.85. The molecule has 2 aromatic rings. The van der Waals surface area contributed by atoms with Gasteiger partial charge in [-0.25, -0.2) is 0 Å². The molecule has 0 saturated carbocycles. The van der Waals surface area contributed by atoms with Gasteiger partial charge in [-0.2, -0.15) is 0 Å². The maximum Gasteiger partial charge on any atom is 0.240 e. The van der Waals surface area contributed by atoms with Gasteiger partial charge in [-0.05, 0) is 12.5 Å². The molecule has 0 unspecified atom stereocenters. The fourth-order valence-corrected chi connectivity index (χ4v) is 1.55. The van der Waals surface area contributed by atoms with Crippen LogP contribution in [0.4, 0.5) is 0 Å². The van der Waals surface area contributed by atoms with Gasteiger partial charge in [0.15, 0.2) is 0 Å². The van der Waals surface area contributed by atoms with Crippen molar-refractivity contribution < 1.29 is 4.74 Å². The smallest absolute Gasteiger partial charge is 0.240 e. The molecule has 1 heterocycles. The SMILES string of the molecule is COc1nn(C)cc1-c1ccc(C)cc1. The fraction of sp³-hybridized carbons (Fsp3) is 0.250. The van der Waals surface area contributed by atoms with Crippen LogP contribution < -0.4 is 4.74 Å². The third-order valence-electron chi connectivity index (χ3n) is 2.35. The summed E-state index contributed by atoms with van der Waals surface area (Å²) in [5.74, 6) is 0.668. The van der Waals surface area contributed by atoms with E-state index in [1.165, 1.54) is 5.56 Å². The number of ether oxygens (including phenoxy) is 1. The molecule has 15 heavy (non-hydrogen) atoms. The Morgan fingerprint density at radius 1 is 1.20 bits per heavy atom. The molecule has 0 saturated heterocycles. The summed E-state index contributed by atoms with van der Waals surface area (Å²) in [6.07, 6.45) is 1.96. The van der Waals surface area contributed by atoms with E-state index in [1.807, 2.05) is 13.2 Å². The van der Waals surface area contributed by atoms with Gasteiger partial charge in [0.05, 0.1) is 12.7 Å². The predicted molar refractivity (Wildman–Crippen MR) is 59.9 cm³/mol. The van der Waals surface area contributed by atoms with E-state index < -0.39 is 0 Å². The lowest BCUT2D eigenvalue weighted by Crippen LogP contribution is -1.89. The standard InChI is InChI=1S/C12H14N2O/c1-9-4-6-10(7-5-9)11-8-14(2)13-12(11)15-3/h4-8H,1-3H3. The van der Waals surface area contributed by atoms with Crippen molar-refractivity contribution in [1.82, 2.24) is 9.78 Å². The van der Waals surface area contributed by atoms with Gasteiger partial charge in [-0.3, -0.25) is 4.68 Å². The Bertz CT molecular complexity index is 457. The first-order chi connectivity index (χ1) is 7.20. The minimum atomic E-state index is 0.668. The van der Waals surface area contributed by atoms with Crippen LogP contribution in [0.5, 0.6) is 5.88 Å². The molecule has 1 aromatic heterocycles. The maximum atomic E-state index is 5.22. The van der Waals surface area contributed by atoms with Gasteiger partial charge < -0.3 is 4.74 Å². The van der Waals surface area contributed by atoms with Crippen molar-refractivity contribution in [3.63, 3.8) is 0 Å². The van der Waals surface area contributed by atoms with Crippen molar-refractivity contribution in [3.8, 4) is 17.0 Å². The highest BCUT2D eigenvalue weighted by Crippen LogP contribution is 2.28. The molecule has 0 amide bonds. The molecule has 1 aromatic carbocycles. The topological polar surface area (TPSA) is 27.1 Å². The quantitative estimate of drug-likeness (QED) is 0.747. The van der Waals surface area contributed by atoms with Gasteiger partial charge >= 0.3 is 0 Å². The summed E-state index contributed by atoms with van der Waals surface area (Å²) < 4.78 is 6.98. The molecule has 0 aliphatic rings. The molecule has 0 fully saturated rings. The summed E-state index contributed by atoms with van der Waals surface area (Å²) in [7, 11) is 3.53. The van der Waals surface area contributed by atoms with Gasteiger partial charge in [0.25, 0.3) is 0 Å². The second-order valence-corrected chi connectivity index (χ2v) is 3.59. The van der Waals surface area contributed by atoms with Crippen molar-refractivity contribution in [1.29, 1.82) is 0 Å². The van der Waals surface area contributed by atoms with Crippen molar-refractivity contribution in [2.45, 2.75) is 6.92 Å². The number of benzene rings is 1. The third-order valence-corrected chi connectivity index (χ3v) is 2.35. The van der Waals surface area contributed by atoms with Crippen LogP contribution in [0.1, 0.15) is 5.56 Å². The van der Waals surface area contributed by atoms with E-state index in [4.69, 9.17) is 4.74 Å². The molecule has 0 N–H and O–H groups in total. The Hall–Kier alpha value is -1.77. The third kappa shape index (κ3) is 1.86. The summed E-state index contributed by atoms with van der Waals surface area (Å²) in [5.41, 5.74) is 3.41. The summed E-state index contributed by atoms with van der Waals surface area (Å²) in [5, 5.41) is 4.22. The summed E-state index contributed by atoms with van der Waals surface area (Å²) in [6, 6.07) is 8.33. The highest BCUT2D eigenvalue weighted by Gasteiger charge is 2.09. The van der Waals surface area contributed by atoms with Crippen LogP contribution in [-0.4, -0.2) is 16.9 Å². The monoisotopic (exact) mass is 202 g/mol. The van der Waals surface area contributed by atoms with Crippen LogP contribution in [0.2, 0.25) is 0 Å². The molecular formula is C12H14N2O. The first-order valence-corrected chi connectivity index (χ1v) is 4.85. The Morgan fingerprint density at radius 2 is 1.87 bits per heavy atom. The van der Waals surface area contributed by atoms with E-state index in [2.05, 4.69) is 36.3 Å². The molecule has 0 aliphatic carbocycles. The molecule has 0 bridgehead atoms. The molecule has 2 rings (SSSR count). The number of rotatable bonds is 2. The zero-order chi connectivity index (χ0) is 10.8. The Labute approximate surface area is 89.3 Å². The predicted octanol–water partition coefficient (Wildman–Crippen LogP) is 2.40. The Morgan fingerprint density at radius 3 is 2.47 bits per heavy atom. The zero-order valence-corrected chi connectivity index (χ0v) is 9.19. The van der Waals surface area contributed by atoms with E-state index >= 15 is 0 Å². The summed E-state index contributed by atoms with van der Waals surface area (Å²) in [6.45, 7) is 2.07.